The summed E-state index contributed by atoms with van der Waals surface area (Å²) in [6.07, 6.45) is 6.83. The van der Waals surface area contributed by atoms with Gasteiger partial charge in [-0.1, -0.05) is 41.4 Å². The maximum absolute atomic E-state index is 12.2. The van der Waals surface area contributed by atoms with E-state index in [0.717, 1.165) is 31.4 Å². The Morgan fingerprint density at radius 1 is 1.25 bits per heavy atom. The van der Waals surface area contributed by atoms with Crippen LogP contribution in [0.2, 0.25) is 10.0 Å². The van der Waals surface area contributed by atoms with Gasteiger partial charge in [0.15, 0.2) is 0 Å². The first-order valence-electron chi connectivity index (χ1n) is 8.26. The van der Waals surface area contributed by atoms with Crippen LogP contribution in [0.25, 0.3) is 0 Å². The Bertz CT molecular complexity index is 590. The minimum atomic E-state index is -0.121. The molecule has 0 aromatic heterocycles. The van der Waals surface area contributed by atoms with E-state index in [2.05, 4.69) is 27.7 Å². The van der Waals surface area contributed by atoms with Crippen molar-refractivity contribution in [1.82, 2.24) is 15.5 Å². The molecule has 1 aliphatic carbocycles. The molecule has 2 amide bonds. The maximum Gasteiger partial charge on any atom is 0.315 e. The molecular weight excluding hydrogens is 345 g/mol. The number of nitrogens with one attached hydrogen (secondary N) is 2. The monoisotopic (exact) mass is 369 g/mol. The zero-order valence-electron chi connectivity index (χ0n) is 14.2. The van der Waals surface area contributed by atoms with Crippen LogP contribution in [0.15, 0.2) is 30.4 Å². The molecule has 0 bridgehead atoms. The molecule has 0 aliphatic heterocycles. The van der Waals surface area contributed by atoms with E-state index in [1.807, 2.05) is 26.2 Å². The third kappa shape index (κ3) is 5.69. The van der Waals surface area contributed by atoms with Crippen LogP contribution >= 0.6 is 23.2 Å². The van der Waals surface area contributed by atoms with E-state index in [0.29, 0.717) is 16.6 Å². The largest absolute Gasteiger partial charge is 0.338 e. The molecule has 1 aromatic rings. The SMILES string of the molecule is CN(C)CCCNC(=O)NC1CC=CCC1c1ccc(Cl)cc1Cl. The third-order valence-corrected chi connectivity index (χ3v) is 4.74. The number of allylic oxidation sites excluding steroid dienone is 1. The number of nitrogens with zero attached hydrogens (tertiary/aromatic N) is 1. The Labute approximate surface area is 154 Å². The molecule has 132 valence electrons. The van der Waals surface area contributed by atoms with Crippen LogP contribution < -0.4 is 10.6 Å². The van der Waals surface area contributed by atoms with Gasteiger partial charge < -0.3 is 15.5 Å². The number of hydrogen-bond donors (Lipinski definition) is 2. The average Bonchev–Trinajstić information content (AvgIpc) is 2.52. The van der Waals surface area contributed by atoms with Gasteiger partial charge in [0.05, 0.1) is 0 Å². The minimum absolute atomic E-state index is 0.0301. The van der Waals surface area contributed by atoms with E-state index in [1.165, 1.54) is 0 Å². The summed E-state index contributed by atoms with van der Waals surface area (Å²) in [5.74, 6) is 0.160. The summed E-state index contributed by atoms with van der Waals surface area (Å²) in [5, 5.41) is 7.29. The second-order valence-corrected chi connectivity index (χ2v) is 7.22. The molecule has 0 saturated carbocycles. The van der Waals surface area contributed by atoms with Crippen molar-refractivity contribution in [1.29, 1.82) is 0 Å². The van der Waals surface area contributed by atoms with Crippen molar-refractivity contribution in [3.8, 4) is 0 Å². The molecule has 6 heteroatoms. The highest BCUT2D eigenvalue weighted by molar-refractivity contribution is 6.35. The molecule has 0 fully saturated rings. The predicted molar refractivity (Wildman–Crippen MR) is 101 cm³/mol. The van der Waals surface area contributed by atoms with Gasteiger partial charge in [-0.3, -0.25) is 0 Å². The number of rotatable bonds is 6. The van der Waals surface area contributed by atoms with Crippen LogP contribution in [0.1, 0.15) is 30.7 Å². The summed E-state index contributed by atoms with van der Waals surface area (Å²) < 4.78 is 0. The summed E-state index contributed by atoms with van der Waals surface area (Å²) >= 11 is 12.3. The number of urea groups is 1. The number of hydrogen-bond acceptors (Lipinski definition) is 2. The second kappa shape index (κ2) is 9.30. The van der Waals surface area contributed by atoms with Gasteiger partial charge >= 0.3 is 6.03 Å². The van der Waals surface area contributed by atoms with Crippen LogP contribution in [-0.2, 0) is 0 Å². The van der Waals surface area contributed by atoms with Gasteiger partial charge in [-0.2, -0.15) is 0 Å². The molecule has 0 spiro atoms. The zero-order chi connectivity index (χ0) is 17.5. The molecule has 2 atom stereocenters. The highest BCUT2D eigenvalue weighted by atomic mass is 35.5. The predicted octanol–water partition coefficient (Wildman–Crippen LogP) is 4.05. The van der Waals surface area contributed by atoms with E-state index >= 15 is 0 Å². The lowest BCUT2D eigenvalue weighted by Crippen LogP contribution is -2.45. The lowest BCUT2D eigenvalue weighted by molar-refractivity contribution is 0.233. The molecule has 1 aromatic carbocycles. The molecule has 0 heterocycles. The topological polar surface area (TPSA) is 44.4 Å². The Kier molecular flexibility index (Phi) is 7.40. The molecular formula is C18H25Cl2N3O. The van der Waals surface area contributed by atoms with Gasteiger partial charge in [-0.05, 0) is 57.6 Å². The van der Waals surface area contributed by atoms with E-state index in [9.17, 15) is 4.79 Å². The first-order valence-corrected chi connectivity index (χ1v) is 9.02. The van der Waals surface area contributed by atoms with Crippen LogP contribution in [0.4, 0.5) is 4.79 Å². The van der Waals surface area contributed by atoms with E-state index in [1.54, 1.807) is 6.07 Å². The molecule has 1 aliphatic rings. The molecule has 2 rings (SSSR count). The van der Waals surface area contributed by atoms with Crippen molar-refractivity contribution in [2.24, 2.45) is 0 Å². The Morgan fingerprint density at radius 2 is 2.00 bits per heavy atom. The first kappa shape index (κ1) is 19.1. The van der Waals surface area contributed by atoms with Crippen LogP contribution in [-0.4, -0.2) is 44.2 Å². The van der Waals surface area contributed by atoms with Crippen LogP contribution in [0.5, 0.6) is 0 Å². The van der Waals surface area contributed by atoms with Crippen molar-refractivity contribution in [3.63, 3.8) is 0 Å². The van der Waals surface area contributed by atoms with E-state index in [4.69, 9.17) is 23.2 Å². The van der Waals surface area contributed by atoms with Gasteiger partial charge in [0.25, 0.3) is 0 Å². The number of benzene rings is 1. The third-order valence-electron chi connectivity index (χ3n) is 4.18. The number of halogens is 2. The van der Waals surface area contributed by atoms with Gasteiger partial charge in [0, 0.05) is 28.5 Å². The van der Waals surface area contributed by atoms with Crippen molar-refractivity contribution >= 4 is 29.2 Å². The quantitative estimate of drug-likeness (QED) is 0.586. The zero-order valence-corrected chi connectivity index (χ0v) is 15.7. The standard InChI is InChI=1S/C18H25Cl2N3O/c1-23(2)11-5-10-21-18(24)22-17-7-4-3-6-15(17)14-9-8-13(19)12-16(14)20/h3-4,8-9,12,15,17H,5-7,10-11H2,1-2H3,(H2,21,22,24). The lowest BCUT2D eigenvalue weighted by atomic mass is 9.83. The highest BCUT2D eigenvalue weighted by Gasteiger charge is 2.27. The lowest BCUT2D eigenvalue weighted by Gasteiger charge is -2.30. The molecule has 2 unspecified atom stereocenters. The summed E-state index contributed by atoms with van der Waals surface area (Å²) in [4.78, 5) is 14.3. The van der Waals surface area contributed by atoms with E-state index in [-0.39, 0.29) is 18.0 Å². The second-order valence-electron chi connectivity index (χ2n) is 6.38. The van der Waals surface area contributed by atoms with E-state index < -0.39 is 0 Å². The van der Waals surface area contributed by atoms with Crippen molar-refractivity contribution in [3.05, 3.63) is 46.0 Å². The molecule has 4 nitrogen and oxygen atoms in total. The summed E-state index contributed by atoms with van der Waals surface area (Å²) in [5.41, 5.74) is 1.03. The summed E-state index contributed by atoms with van der Waals surface area (Å²) in [6.45, 7) is 1.62. The fourth-order valence-electron chi connectivity index (χ4n) is 2.94. The molecule has 24 heavy (non-hydrogen) atoms. The Morgan fingerprint density at radius 3 is 2.71 bits per heavy atom. The Balaban J connectivity index is 1.94. The summed E-state index contributed by atoms with van der Waals surface area (Å²) in [6, 6.07) is 5.47. The van der Waals surface area contributed by atoms with Crippen molar-refractivity contribution in [2.75, 3.05) is 27.2 Å². The number of carbonyl (C=O) groups is 1. The van der Waals surface area contributed by atoms with Gasteiger partial charge in [-0.15, -0.1) is 0 Å². The number of carbonyl (C=O) groups excluding carboxylic acids is 1. The van der Waals surface area contributed by atoms with Crippen molar-refractivity contribution < 1.29 is 4.79 Å². The molecule has 0 saturated heterocycles. The number of amides is 2. The first-order chi connectivity index (χ1) is 11.5. The maximum atomic E-state index is 12.2. The smallest absolute Gasteiger partial charge is 0.315 e. The summed E-state index contributed by atoms with van der Waals surface area (Å²) in [7, 11) is 4.05. The molecule has 2 N–H and O–H groups in total. The average molecular weight is 370 g/mol. The van der Waals surface area contributed by atoms with Crippen molar-refractivity contribution in [2.45, 2.75) is 31.2 Å². The van der Waals surface area contributed by atoms with Crippen LogP contribution in [0.3, 0.4) is 0 Å². The molecule has 0 radical (unpaired) electrons. The Hall–Kier alpha value is -1.23. The fraction of sp³-hybridized carbons (Fsp3) is 0.500. The van der Waals surface area contributed by atoms with Gasteiger partial charge in [-0.25, -0.2) is 4.79 Å². The highest BCUT2D eigenvalue weighted by Crippen LogP contribution is 2.35. The normalized spacial score (nSPS) is 20.2. The van der Waals surface area contributed by atoms with Gasteiger partial charge in [0.1, 0.15) is 0 Å². The van der Waals surface area contributed by atoms with Gasteiger partial charge in [0.2, 0.25) is 0 Å². The fourth-order valence-corrected chi connectivity index (χ4v) is 3.48. The van der Waals surface area contributed by atoms with Crippen LogP contribution in [0, 0.1) is 0 Å². The minimum Gasteiger partial charge on any atom is -0.338 e.